The first kappa shape index (κ1) is 16.3. The summed E-state index contributed by atoms with van der Waals surface area (Å²) in [5, 5.41) is 3.38. The maximum atomic E-state index is 5.58. The Kier molecular flexibility index (Phi) is 5.03. The number of nitrogens with one attached hydrogen (secondary N) is 1. The van der Waals surface area contributed by atoms with Crippen LogP contribution in [0, 0.1) is 13.8 Å². The molecule has 0 spiro atoms. The van der Waals surface area contributed by atoms with Gasteiger partial charge in [0.2, 0.25) is 0 Å². The largest absolute Gasteiger partial charge is 0.494 e. The number of ether oxygens (including phenoxy) is 2. The van der Waals surface area contributed by atoms with E-state index in [-0.39, 0.29) is 0 Å². The van der Waals surface area contributed by atoms with Gasteiger partial charge in [-0.1, -0.05) is 0 Å². The Morgan fingerprint density at radius 1 is 1.05 bits per heavy atom. The van der Waals surface area contributed by atoms with E-state index in [4.69, 9.17) is 9.47 Å². The topological polar surface area (TPSA) is 59.5 Å². The van der Waals surface area contributed by atoms with Crippen LogP contribution in [0.3, 0.4) is 0 Å². The first-order valence-corrected chi connectivity index (χ1v) is 7.26. The second kappa shape index (κ2) is 6.79. The quantitative estimate of drug-likeness (QED) is 0.883. The van der Waals surface area contributed by atoms with Gasteiger partial charge in [-0.2, -0.15) is 0 Å². The van der Waals surface area contributed by atoms with Gasteiger partial charge in [0.1, 0.15) is 16.8 Å². The lowest BCUT2D eigenvalue weighted by Gasteiger charge is -2.17. The zero-order valence-corrected chi connectivity index (χ0v) is 14.1. The molecule has 0 saturated heterocycles. The number of fused-ring (bicyclic) bond motifs is 1. The minimum Gasteiger partial charge on any atom is -0.494 e. The third kappa shape index (κ3) is 3.22. The lowest BCUT2D eigenvalue weighted by molar-refractivity contribution is 0.408. The highest BCUT2D eigenvalue weighted by atomic mass is 16.5. The van der Waals surface area contributed by atoms with Crippen LogP contribution < -0.4 is 14.8 Å². The van der Waals surface area contributed by atoms with Crippen molar-refractivity contribution in [3.63, 3.8) is 0 Å². The zero-order chi connectivity index (χ0) is 16.3. The first-order valence-electron chi connectivity index (χ1n) is 7.26. The molecule has 0 bridgehead atoms. The maximum Gasteiger partial charge on any atom is 0.170 e. The smallest absolute Gasteiger partial charge is 0.170 e. The minimum absolute atomic E-state index is 0.693. The molecule has 0 radical (unpaired) electrons. The van der Waals surface area contributed by atoms with Gasteiger partial charge in [-0.05, 0) is 27.9 Å². The summed E-state index contributed by atoms with van der Waals surface area (Å²) >= 11 is 0. The maximum absolute atomic E-state index is 5.58. The highest BCUT2D eigenvalue weighted by Crippen LogP contribution is 2.38. The molecule has 6 nitrogen and oxygen atoms in total. The molecule has 0 aliphatic carbocycles. The molecule has 0 aliphatic rings. The van der Waals surface area contributed by atoms with Gasteiger partial charge in [0.25, 0.3) is 0 Å². The molecular formula is C16H24N4O2. The molecule has 2 rings (SSSR count). The Balaban J connectivity index is 2.54. The van der Waals surface area contributed by atoms with Crippen molar-refractivity contribution in [2.45, 2.75) is 13.8 Å². The summed E-state index contributed by atoms with van der Waals surface area (Å²) in [4.78, 5) is 11.4. The predicted molar refractivity (Wildman–Crippen MR) is 89.2 cm³/mol. The fourth-order valence-electron chi connectivity index (χ4n) is 2.23. The number of nitrogens with zero attached hydrogens (tertiary/aromatic N) is 3. The number of hydrogen-bond acceptors (Lipinski definition) is 6. The summed E-state index contributed by atoms with van der Waals surface area (Å²) in [7, 11) is 7.37. The molecule has 1 heterocycles. The molecule has 0 unspecified atom stereocenters. The average molecular weight is 304 g/mol. The Morgan fingerprint density at radius 2 is 1.68 bits per heavy atom. The number of anilines is 1. The molecule has 22 heavy (non-hydrogen) atoms. The van der Waals surface area contributed by atoms with E-state index in [1.807, 2.05) is 34.0 Å². The van der Waals surface area contributed by atoms with Crippen molar-refractivity contribution in [3.05, 3.63) is 17.5 Å². The van der Waals surface area contributed by atoms with E-state index >= 15 is 0 Å². The van der Waals surface area contributed by atoms with E-state index < -0.39 is 0 Å². The predicted octanol–water partition coefficient (Wildman–Crippen LogP) is 2.24. The van der Waals surface area contributed by atoms with Crippen molar-refractivity contribution < 1.29 is 9.47 Å². The highest BCUT2D eigenvalue weighted by Gasteiger charge is 2.17. The highest BCUT2D eigenvalue weighted by molar-refractivity contribution is 5.93. The van der Waals surface area contributed by atoms with Crippen molar-refractivity contribution in [3.8, 4) is 11.5 Å². The molecule has 0 saturated carbocycles. The SMILES string of the molecule is COc1cc(NCCN(C)C)c(OC)c2nc(C)c(C)nc12. The average Bonchev–Trinajstić information content (AvgIpc) is 2.47. The lowest BCUT2D eigenvalue weighted by atomic mass is 10.2. The van der Waals surface area contributed by atoms with Crippen molar-refractivity contribution in [1.82, 2.24) is 14.9 Å². The van der Waals surface area contributed by atoms with E-state index in [2.05, 4.69) is 20.2 Å². The fraction of sp³-hybridized carbons (Fsp3) is 0.500. The molecule has 1 N–H and O–H groups in total. The number of benzene rings is 1. The van der Waals surface area contributed by atoms with Gasteiger partial charge in [-0.3, -0.25) is 0 Å². The van der Waals surface area contributed by atoms with Crippen molar-refractivity contribution in [2.75, 3.05) is 46.7 Å². The van der Waals surface area contributed by atoms with Crippen LogP contribution in [0.15, 0.2) is 6.07 Å². The van der Waals surface area contributed by atoms with Crippen LogP contribution in [0.25, 0.3) is 11.0 Å². The lowest BCUT2D eigenvalue weighted by Crippen LogP contribution is -2.21. The van der Waals surface area contributed by atoms with Crippen molar-refractivity contribution >= 4 is 16.7 Å². The number of hydrogen-bond donors (Lipinski definition) is 1. The molecule has 1 aromatic heterocycles. The minimum atomic E-state index is 0.693. The normalized spacial score (nSPS) is 11.0. The number of aryl methyl sites for hydroxylation is 2. The Bertz CT molecular complexity index is 671. The molecule has 6 heteroatoms. The number of likely N-dealkylation sites (N-methyl/N-ethyl adjacent to an activating group) is 1. The Morgan fingerprint density at radius 3 is 2.23 bits per heavy atom. The number of methoxy groups -OCH3 is 2. The summed E-state index contributed by atoms with van der Waals surface area (Å²) in [5.41, 5.74) is 4.09. The van der Waals surface area contributed by atoms with Gasteiger partial charge in [0.05, 0.1) is 31.3 Å². The van der Waals surface area contributed by atoms with E-state index in [1.165, 1.54) is 0 Å². The van der Waals surface area contributed by atoms with Crippen LogP contribution in [0.1, 0.15) is 11.4 Å². The number of aromatic nitrogens is 2. The molecule has 1 aromatic carbocycles. The fourth-order valence-corrected chi connectivity index (χ4v) is 2.23. The van der Waals surface area contributed by atoms with Crippen molar-refractivity contribution in [1.29, 1.82) is 0 Å². The van der Waals surface area contributed by atoms with Gasteiger partial charge in [-0.15, -0.1) is 0 Å². The van der Waals surface area contributed by atoms with Gasteiger partial charge >= 0.3 is 0 Å². The van der Waals surface area contributed by atoms with Gasteiger partial charge in [0, 0.05) is 19.2 Å². The molecule has 0 fully saturated rings. The summed E-state index contributed by atoms with van der Waals surface area (Å²) in [6.07, 6.45) is 0. The van der Waals surface area contributed by atoms with Gasteiger partial charge < -0.3 is 19.7 Å². The standard InChI is InChI=1S/C16H24N4O2/c1-10-11(2)19-15-14(18-10)13(21-5)9-12(16(15)22-6)17-7-8-20(3)4/h9,17H,7-8H2,1-6H3. The van der Waals surface area contributed by atoms with E-state index in [0.29, 0.717) is 11.5 Å². The van der Waals surface area contributed by atoms with Crippen molar-refractivity contribution in [2.24, 2.45) is 0 Å². The second-order valence-corrected chi connectivity index (χ2v) is 5.48. The third-order valence-corrected chi connectivity index (χ3v) is 3.57. The van der Waals surface area contributed by atoms with Crippen LogP contribution in [0.2, 0.25) is 0 Å². The van der Waals surface area contributed by atoms with Crippen LogP contribution in [-0.4, -0.2) is 56.3 Å². The second-order valence-electron chi connectivity index (χ2n) is 5.48. The van der Waals surface area contributed by atoms with Gasteiger partial charge in [0.15, 0.2) is 5.75 Å². The van der Waals surface area contributed by atoms with Crippen LogP contribution in [0.5, 0.6) is 11.5 Å². The molecular weight excluding hydrogens is 280 g/mol. The Hall–Kier alpha value is -2.08. The van der Waals surface area contributed by atoms with Crippen LogP contribution in [0.4, 0.5) is 5.69 Å². The molecule has 2 aromatic rings. The van der Waals surface area contributed by atoms with Crippen LogP contribution >= 0.6 is 0 Å². The number of rotatable bonds is 6. The monoisotopic (exact) mass is 304 g/mol. The van der Waals surface area contributed by atoms with Crippen LogP contribution in [-0.2, 0) is 0 Å². The van der Waals surface area contributed by atoms with E-state index in [1.54, 1.807) is 14.2 Å². The van der Waals surface area contributed by atoms with E-state index in [0.717, 1.165) is 41.2 Å². The molecule has 120 valence electrons. The van der Waals surface area contributed by atoms with Gasteiger partial charge in [-0.25, -0.2) is 9.97 Å². The Labute approximate surface area is 131 Å². The molecule has 0 aliphatic heterocycles. The summed E-state index contributed by atoms with van der Waals surface area (Å²) < 4.78 is 11.1. The third-order valence-electron chi connectivity index (χ3n) is 3.57. The summed E-state index contributed by atoms with van der Waals surface area (Å²) in [6.45, 7) is 5.61. The molecule has 0 amide bonds. The van der Waals surface area contributed by atoms with E-state index in [9.17, 15) is 0 Å². The zero-order valence-electron chi connectivity index (χ0n) is 14.1. The molecule has 0 atom stereocenters. The first-order chi connectivity index (χ1) is 10.5. The summed E-state index contributed by atoms with van der Waals surface area (Å²) in [5.74, 6) is 1.39. The summed E-state index contributed by atoms with van der Waals surface area (Å²) in [6, 6.07) is 1.92.